The Bertz CT molecular complexity index is 803. The van der Waals surface area contributed by atoms with Crippen molar-refractivity contribution in [2.75, 3.05) is 11.9 Å². The fourth-order valence-corrected chi connectivity index (χ4v) is 2.05. The third kappa shape index (κ3) is 4.72. The molecule has 2 aromatic rings. The highest BCUT2D eigenvalue weighted by Gasteiger charge is 2.33. The number of hydrogen-bond acceptors (Lipinski definition) is 4. The Kier molecular flexibility index (Phi) is 5.31. The minimum Gasteiger partial charge on any atom is -0.507 e. The van der Waals surface area contributed by atoms with E-state index in [0.29, 0.717) is 0 Å². The maximum Gasteiger partial charge on any atom is 0.418 e. The number of phenols is 1. The Balaban J connectivity index is 2.01. The first-order valence-corrected chi connectivity index (χ1v) is 7.11. The zero-order valence-corrected chi connectivity index (χ0v) is 13.1. The zero-order valence-electron chi connectivity index (χ0n) is 13.1. The van der Waals surface area contributed by atoms with Crippen LogP contribution in [0.4, 0.5) is 18.9 Å². The highest BCUT2D eigenvalue weighted by molar-refractivity contribution is 5.97. The topological polar surface area (TPSA) is 75.6 Å². The van der Waals surface area contributed by atoms with Crippen molar-refractivity contribution in [3.63, 3.8) is 0 Å². The Morgan fingerprint density at radius 3 is 2.48 bits per heavy atom. The molecule has 25 heavy (non-hydrogen) atoms. The smallest absolute Gasteiger partial charge is 0.418 e. The lowest BCUT2D eigenvalue weighted by molar-refractivity contribution is -0.137. The summed E-state index contributed by atoms with van der Waals surface area (Å²) >= 11 is 0. The molecule has 1 amide bonds. The van der Waals surface area contributed by atoms with Crippen molar-refractivity contribution < 1.29 is 32.6 Å². The molecule has 0 aliphatic carbocycles. The van der Waals surface area contributed by atoms with Gasteiger partial charge in [-0.1, -0.05) is 18.2 Å². The summed E-state index contributed by atoms with van der Waals surface area (Å²) < 4.78 is 43.3. The van der Waals surface area contributed by atoms with Crippen LogP contribution in [0.3, 0.4) is 0 Å². The Morgan fingerprint density at radius 2 is 1.84 bits per heavy atom. The summed E-state index contributed by atoms with van der Waals surface area (Å²) in [6, 6.07) is 8.68. The summed E-state index contributed by atoms with van der Waals surface area (Å²) in [5.74, 6) is -2.21. The van der Waals surface area contributed by atoms with Gasteiger partial charge in [0.25, 0.3) is 5.91 Å². The summed E-state index contributed by atoms with van der Waals surface area (Å²) in [5.41, 5.74) is -0.871. The molecule has 0 saturated heterocycles. The van der Waals surface area contributed by atoms with E-state index in [9.17, 15) is 27.9 Å². The fourth-order valence-electron chi connectivity index (χ4n) is 2.05. The quantitative estimate of drug-likeness (QED) is 0.825. The van der Waals surface area contributed by atoms with Crippen LogP contribution < -0.4 is 5.32 Å². The number of benzene rings is 2. The number of alkyl halides is 3. The predicted octanol–water partition coefficient (Wildman–Crippen LogP) is 3.51. The number of aryl methyl sites for hydroxylation is 1. The van der Waals surface area contributed by atoms with Crippen molar-refractivity contribution in [3.8, 4) is 5.75 Å². The molecule has 0 atom stereocenters. The first-order valence-electron chi connectivity index (χ1n) is 7.11. The van der Waals surface area contributed by atoms with Gasteiger partial charge in [-0.15, -0.1) is 0 Å². The van der Waals surface area contributed by atoms with E-state index in [1.807, 2.05) is 5.32 Å². The van der Waals surface area contributed by atoms with Gasteiger partial charge in [-0.05, 0) is 36.8 Å². The number of nitrogens with one attached hydrogen (secondary N) is 1. The number of amides is 1. The van der Waals surface area contributed by atoms with Gasteiger partial charge in [-0.3, -0.25) is 4.79 Å². The average Bonchev–Trinajstić information content (AvgIpc) is 2.52. The number of carbonyl (C=O) groups excluding carboxylic acids is 2. The van der Waals surface area contributed by atoms with Gasteiger partial charge in [0.15, 0.2) is 6.61 Å². The van der Waals surface area contributed by atoms with Crippen molar-refractivity contribution in [3.05, 3.63) is 59.2 Å². The number of halogens is 3. The molecule has 0 aliphatic heterocycles. The molecule has 0 radical (unpaired) electrons. The lowest BCUT2D eigenvalue weighted by Gasteiger charge is -2.13. The summed E-state index contributed by atoms with van der Waals surface area (Å²) in [4.78, 5) is 23.6. The van der Waals surface area contributed by atoms with Crippen LogP contribution in [-0.2, 0) is 15.7 Å². The first-order chi connectivity index (χ1) is 11.7. The monoisotopic (exact) mass is 353 g/mol. The van der Waals surface area contributed by atoms with Crippen LogP contribution in [0.5, 0.6) is 5.75 Å². The Labute approximate surface area is 141 Å². The van der Waals surface area contributed by atoms with Crippen LogP contribution in [0.15, 0.2) is 42.5 Å². The van der Waals surface area contributed by atoms with Crippen molar-refractivity contribution in [1.29, 1.82) is 0 Å². The van der Waals surface area contributed by atoms with Crippen LogP contribution >= 0.6 is 0 Å². The van der Waals surface area contributed by atoms with Gasteiger partial charge in [0.05, 0.1) is 11.3 Å². The van der Waals surface area contributed by atoms with Crippen LogP contribution in [0.25, 0.3) is 0 Å². The first kappa shape index (κ1) is 18.3. The van der Waals surface area contributed by atoms with Crippen LogP contribution in [0.2, 0.25) is 0 Å². The third-order valence-electron chi connectivity index (χ3n) is 3.21. The SMILES string of the molecule is Cc1ccc(C(=O)OCC(=O)Nc2ccccc2C(F)(F)F)c(O)c1. The molecule has 2 aromatic carbocycles. The maximum absolute atomic E-state index is 12.8. The number of phenolic OH excluding ortho intramolecular Hbond substituents is 1. The molecular formula is C17H14F3NO4. The highest BCUT2D eigenvalue weighted by Crippen LogP contribution is 2.34. The second-order valence-corrected chi connectivity index (χ2v) is 5.19. The number of hydrogen-bond donors (Lipinski definition) is 2. The summed E-state index contributed by atoms with van der Waals surface area (Å²) in [6.07, 6.45) is -4.63. The van der Waals surface area contributed by atoms with Gasteiger partial charge >= 0.3 is 12.1 Å². The molecule has 0 fully saturated rings. The molecule has 0 bridgehead atoms. The van der Waals surface area contributed by atoms with Crippen LogP contribution in [-0.4, -0.2) is 23.6 Å². The van der Waals surface area contributed by atoms with E-state index < -0.39 is 35.9 Å². The molecule has 8 heteroatoms. The molecule has 0 aromatic heterocycles. The van der Waals surface area contributed by atoms with Gasteiger partial charge < -0.3 is 15.2 Å². The number of aromatic hydroxyl groups is 1. The van der Waals surface area contributed by atoms with Crippen molar-refractivity contribution in [2.24, 2.45) is 0 Å². The summed E-state index contributed by atoms with van der Waals surface area (Å²) in [5, 5.41) is 11.7. The second kappa shape index (κ2) is 7.25. The van der Waals surface area contributed by atoms with E-state index in [1.54, 1.807) is 13.0 Å². The standard InChI is InChI=1S/C17H14F3NO4/c1-10-6-7-11(14(22)8-10)16(24)25-9-15(23)21-13-5-3-2-4-12(13)17(18,19)20/h2-8,22H,9H2,1H3,(H,21,23). The number of ether oxygens (including phenoxy) is 1. The molecule has 0 heterocycles. The molecule has 0 saturated carbocycles. The lowest BCUT2D eigenvalue weighted by Crippen LogP contribution is -2.22. The van der Waals surface area contributed by atoms with Gasteiger partial charge in [0.1, 0.15) is 11.3 Å². The van der Waals surface area contributed by atoms with E-state index in [0.717, 1.165) is 17.7 Å². The zero-order chi connectivity index (χ0) is 18.6. The van der Waals surface area contributed by atoms with Crippen molar-refractivity contribution >= 4 is 17.6 Å². The molecule has 0 aliphatic rings. The van der Waals surface area contributed by atoms with Crippen LogP contribution in [0, 0.1) is 6.92 Å². The van der Waals surface area contributed by atoms with Gasteiger partial charge in [-0.2, -0.15) is 13.2 Å². The number of anilines is 1. The summed E-state index contributed by atoms with van der Waals surface area (Å²) in [6.45, 7) is 0.915. The van der Waals surface area contributed by atoms with Crippen molar-refractivity contribution in [1.82, 2.24) is 0 Å². The molecule has 0 unspecified atom stereocenters. The molecule has 2 rings (SSSR count). The highest BCUT2D eigenvalue weighted by atomic mass is 19.4. The normalized spacial score (nSPS) is 11.0. The molecule has 5 nitrogen and oxygen atoms in total. The van der Waals surface area contributed by atoms with Crippen molar-refractivity contribution in [2.45, 2.75) is 13.1 Å². The fraction of sp³-hybridized carbons (Fsp3) is 0.176. The van der Waals surface area contributed by atoms with E-state index >= 15 is 0 Å². The maximum atomic E-state index is 12.8. The molecule has 0 spiro atoms. The summed E-state index contributed by atoms with van der Waals surface area (Å²) in [7, 11) is 0. The lowest BCUT2D eigenvalue weighted by atomic mass is 10.1. The van der Waals surface area contributed by atoms with E-state index in [2.05, 4.69) is 0 Å². The van der Waals surface area contributed by atoms with Crippen LogP contribution in [0.1, 0.15) is 21.5 Å². The number of carbonyl (C=O) groups is 2. The number of para-hydroxylation sites is 1. The Morgan fingerprint density at radius 1 is 1.16 bits per heavy atom. The van der Waals surface area contributed by atoms with Gasteiger partial charge in [-0.25, -0.2) is 4.79 Å². The van der Waals surface area contributed by atoms with E-state index in [4.69, 9.17) is 4.74 Å². The molecule has 132 valence electrons. The predicted molar refractivity (Wildman–Crippen MR) is 83.2 cm³/mol. The van der Waals surface area contributed by atoms with Gasteiger partial charge in [0.2, 0.25) is 0 Å². The number of esters is 1. The Hall–Kier alpha value is -3.03. The molecule has 2 N–H and O–H groups in total. The molecular weight excluding hydrogens is 339 g/mol. The third-order valence-corrected chi connectivity index (χ3v) is 3.21. The van der Waals surface area contributed by atoms with E-state index in [-0.39, 0.29) is 11.3 Å². The largest absolute Gasteiger partial charge is 0.507 e. The number of rotatable bonds is 4. The minimum atomic E-state index is -4.63. The van der Waals surface area contributed by atoms with Gasteiger partial charge in [0, 0.05) is 0 Å². The minimum absolute atomic E-state index is 0.144. The second-order valence-electron chi connectivity index (χ2n) is 5.19. The van der Waals surface area contributed by atoms with E-state index in [1.165, 1.54) is 24.3 Å². The average molecular weight is 353 g/mol.